The number of aliphatic hydroxyl groups is 1. The Balaban J connectivity index is 0. The normalized spacial score (nSPS) is 11.5. The van der Waals surface area contributed by atoms with Crippen molar-refractivity contribution in [3.05, 3.63) is 115 Å². The Hall–Kier alpha value is -2.54. The average molecular weight is 1240 g/mol. The first-order valence-electron chi connectivity index (χ1n) is 31.0. The second kappa shape index (κ2) is 52.8. The molecule has 0 spiro atoms. The van der Waals surface area contributed by atoms with Crippen molar-refractivity contribution in [3.8, 4) is 0 Å². The van der Waals surface area contributed by atoms with Gasteiger partial charge in [-0.2, -0.15) is 25.3 Å². The quantitative estimate of drug-likeness (QED) is 0.0181. The third-order valence-electron chi connectivity index (χ3n) is 14.5. The molecule has 0 aliphatic carbocycles. The second-order valence-electron chi connectivity index (χ2n) is 21.7. The number of aryl methyl sites for hydroxylation is 3. The molecule has 4 N–H and O–H groups in total. The Labute approximate surface area is 516 Å². The minimum atomic E-state index is -4.10. The Bertz CT molecular complexity index is 2100. The van der Waals surface area contributed by atoms with Crippen LogP contribution >= 0.6 is 0 Å². The molecule has 0 unspecified atom stereocenters. The van der Waals surface area contributed by atoms with Gasteiger partial charge in [0.2, 0.25) is 0 Å². The van der Waals surface area contributed by atoms with Gasteiger partial charge in [0.1, 0.15) is 0 Å². The molecule has 0 amide bonds. The van der Waals surface area contributed by atoms with Crippen molar-refractivity contribution in [2.24, 2.45) is 5.41 Å². The van der Waals surface area contributed by atoms with Crippen LogP contribution in [0.15, 0.2) is 113 Å². The Morgan fingerprint density at radius 3 is 0.805 bits per heavy atom. The number of ether oxygens (including phenoxy) is 2. The van der Waals surface area contributed by atoms with Crippen molar-refractivity contribution in [1.29, 1.82) is 0 Å². The average Bonchev–Trinajstić information content (AvgIpc) is 3.48. The van der Waals surface area contributed by atoms with Crippen molar-refractivity contribution in [2.45, 2.75) is 261 Å². The zero-order chi connectivity index (χ0) is 60.4. The van der Waals surface area contributed by atoms with Crippen molar-refractivity contribution in [1.82, 2.24) is 0 Å². The van der Waals surface area contributed by atoms with Gasteiger partial charge in [-0.25, -0.2) is 0 Å². The maximum absolute atomic E-state index is 11.3. The van der Waals surface area contributed by atoms with E-state index in [1.165, 1.54) is 172 Å². The van der Waals surface area contributed by atoms with Crippen LogP contribution < -0.4 is 0 Å². The molecule has 0 atom stereocenters. The third kappa shape index (κ3) is 43.1. The van der Waals surface area contributed by atoms with E-state index in [9.17, 15) is 44.0 Å². The summed E-state index contributed by atoms with van der Waals surface area (Å²) in [5.74, 6) is 0. The Morgan fingerprint density at radius 1 is 0.390 bits per heavy atom. The summed E-state index contributed by atoms with van der Waals surface area (Å²) >= 11 is 0. The first kappa shape index (κ1) is 81.5. The van der Waals surface area contributed by atoms with Crippen LogP contribution in [-0.4, -0.2) is 77.1 Å². The molecular weight excluding hydrogens is 1130 g/mol. The number of hydrogen-bond acceptors (Lipinski definition) is 9. The van der Waals surface area contributed by atoms with Crippen LogP contribution in [0.25, 0.3) is 0 Å². The molecule has 0 saturated carbocycles. The number of benzene rings is 3. The van der Waals surface area contributed by atoms with E-state index in [0.717, 1.165) is 61.6 Å². The second-order valence-corrected chi connectivity index (χ2v) is 25.8. The largest absolute Gasteiger partial charge is 0.396 e. The van der Waals surface area contributed by atoms with Crippen LogP contribution in [0.5, 0.6) is 0 Å². The van der Waals surface area contributed by atoms with Crippen molar-refractivity contribution in [3.63, 3.8) is 0 Å². The van der Waals surface area contributed by atoms with Gasteiger partial charge in [0, 0.05) is 27.1 Å². The van der Waals surface area contributed by atoms with E-state index in [1.54, 1.807) is 48.6 Å². The van der Waals surface area contributed by atoms with Gasteiger partial charge in [-0.3, -0.25) is 13.7 Å². The van der Waals surface area contributed by atoms with Crippen LogP contribution in [0.4, 0.5) is 0 Å². The van der Waals surface area contributed by atoms with Crippen LogP contribution in [0.2, 0.25) is 0 Å². The monoisotopic (exact) mass is 1240 g/mol. The van der Waals surface area contributed by atoms with E-state index < -0.39 is 30.4 Å². The van der Waals surface area contributed by atoms with Gasteiger partial charge in [0.05, 0.1) is 47.7 Å². The van der Waals surface area contributed by atoms with E-state index in [4.69, 9.17) is 9.47 Å². The molecule has 3 aromatic rings. The van der Waals surface area contributed by atoms with E-state index in [0.29, 0.717) is 45.7 Å². The SMILES string of the molecule is C=CCOCC(CC)(CO)COCC=C.CCCCCCCCCCCCc1ccccc1S(=O)(=O)O.CCCCCCCCCCCCc1ccccc1S(=O)(=O)O.CCCCCCCCCCCCc1ccccc1S(=O)(=O)O.[Ti]. The predicted octanol–water partition coefficient (Wildman–Crippen LogP) is 18.0. The molecule has 12 nitrogen and oxygen atoms in total. The fraction of sp³-hybridized carbons (Fsp3) is 0.667. The number of unbranched alkanes of at least 4 members (excludes halogenated alkanes) is 27. The molecule has 0 saturated heterocycles. The van der Waals surface area contributed by atoms with E-state index in [1.807, 2.05) is 25.1 Å². The Kier molecular flexibility index (Phi) is 52.5. The molecule has 0 aromatic heterocycles. The summed E-state index contributed by atoms with van der Waals surface area (Å²) < 4.78 is 106. The zero-order valence-electron chi connectivity index (χ0n) is 51.4. The maximum atomic E-state index is 11.3. The molecule has 3 rings (SSSR count). The molecule has 0 aliphatic rings. The summed E-state index contributed by atoms with van der Waals surface area (Å²) in [6.07, 6.45) is 44.1. The molecule has 16 heteroatoms. The third-order valence-corrected chi connectivity index (χ3v) is 17.4. The zero-order valence-corrected chi connectivity index (χ0v) is 55.4. The minimum Gasteiger partial charge on any atom is -0.396 e. The predicted molar refractivity (Wildman–Crippen MR) is 337 cm³/mol. The van der Waals surface area contributed by atoms with Gasteiger partial charge in [-0.15, -0.1) is 13.2 Å². The summed E-state index contributed by atoms with van der Waals surface area (Å²) in [5, 5.41) is 9.36. The summed E-state index contributed by atoms with van der Waals surface area (Å²) in [6, 6.07) is 20.2. The molecule has 0 radical (unpaired) electrons. The molecule has 82 heavy (non-hydrogen) atoms. The minimum absolute atomic E-state index is 0. The standard InChI is InChI=1S/3C18H30O3S.C12H22O3.Ti/c3*1-2-3-4-5-6-7-8-9-10-11-14-17-15-12-13-16-18(17)22(19,20)21;1-4-7-14-10-12(6-3,9-13)11-15-8-5-2;/h3*12-13,15-16H,2-11,14H2,1H3,(H,19,20,21);4-5,13H,1-2,6-11H2,3H3;. The topological polar surface area (TPSA) is 202 Å². The number of aliphatic hydroxyl groups excluding tert-OH is 1. The van der Waals surface area contributed by atoms with Gasteiger partial charge < -0.3 is 14.6 Å². The van der Waals surface area contributed by atoms with E-state index >= 15 is 0 Å². The molecule has 0 bridgehead atoms. The first-order valence-corrected chi connectivity index (χ1v) is 35.4. The molecule has 3 aromatic carbocycles. The summed E-state index contributed by atoms with van der Waals surface area (Å²) in [5.41, 5.74) is 1.88. The summed E-state index contributed by atoms with van der Waals surface area (Å²) in [6.45, 7) is 17.9. The van der Waals surface area contributed by atoms with Crippen LogP contribution in [0.1, 0.15) is 243 Å². The smallest absolute Gasteiger partial charge is 0.294 e. The van der Waals surface area contributed by atoms with Crippen LogP contribution in [-0.2, 0) is 80.8 Å². The first-order chi connectivity index (χ1) is 38.9. The fourth-order valence-electron chi connectivity index (χ4n) is 9.46. The van der Waals surface area contributed by atoms with Gasteiger partial charge in [0.25, 0.3) is 30.4 Å². The van der Waals surface area contributed by atoms with E-state index in [2.05, 4.69) is 33.9 Å². The molecule has 0 aliphatic heterocycles. The van der Waals surface area contributed by atoms with Gasteiger partial charge in [-0.1, -0.05) is 268 Å². The maximum Gasteiger partial charge on any atom is 0.294 e. The molecular formula is C66H112O12S3Ti. The van der Waals surface area contributed by atoms with Gasteiger partial charge in [-0.05, 0) is 79.8 Å². The molecule has 0 fully saturated rings. The number of rotatable bonds is 46. The molecule has 470 valence electrons. The summed E-state index contributed by atoms with van der Waals surface area (Å²) in [4.78, 5) is 0.183. The van der Waals surface area contributed by atoms with Crippen molar-refractivity contribution < 1.29 is 75.2 Å². The van der Waals surface area contributed by atoms with Crippen molar-refractivity contribution >= 4 is 30.4 Å². The summed E-state index contributed by atoms with van der Waals surface area (Å²) in [7, 11) is -12.3. The van der Waals surface area contributed by atoms with Gasteiger partial charge in [0.15, 0.2) is 0 Å². The van der Waals surface area contributed by atoms with Crippen molar-refractivity contribution in [2.75, 3.05) is 33.0 Å². The fourth-order valence-corrected chi connectivity index (χ4v) is 11.7. The Morgan fingerprint density at radius 2 is 0.610 bits per heavy atom. The van der Waals surface area contributed by atoms with Crippen LogP contribution in [0, 0.1) is 5.41 Å². The van der Waals surface area contributed by atoms with E-state index in [-0.39, 0.29) is 48.4 Å². The number of hydrogen-bond donors (Lipinski definition) is 4. The van der Waals surface area contributed by atoms with Crippen LogP contribution in [0.3, 0.4) is 0 Å². The molecule has 0 heterocycles. The van der Waals surface area contributed by atoms with Gasteiger partial charge >= 0.3 is 0 Å².